The lowest BCUT2D eigenvalue weighted by molar-refractivity contribution is 0.223. The monoisotopic (exact) mass is 285 g/mol. The maximum atomic E-state index is 5.97. The van der Waals surface area contributed by atoms with Crippen LogP contribution in [0.4, 0.5) is 0 Å². The molecule has 4 heteroatoms. The highest BCUT2D eigenvalue weighted by molar-refractivity contribution is 5.55. The molecule has 2 unspecified atom stereocenters. The first-order chi connectivity index (χ1) is 10.3. The first-order valence-corrected chi connectivity index (χ1v) is 6.96. The van der Waals surface area contributed by atoms with Crippen molar-refractivity contribution >= 4 is 0 Å². The van der Waals surface area contributed by atoms with E-state index in [0.717, 1.165) is 28.4 Å². The molecule has 2 atom stereocenters. The van der Waals surface area contributed by atoms with Gasteiger partial charge in [-0.25, -0.2) is 0 Å². The SMILES string of the molecule is COc1cccc(C2c3ccccc3OC2CN)c1OC. The molecule has 0 aromatic heterocycles. The second kappa shape index (κ2) is 5.66. The lowest BCUT2D eigenvalue weighted by atomic mass is 9.87. The van der Waals surface area contributed by atoms with Crippen LogP contribution in [-0.2, 0) is 0 Å². The Morgan fingerprint density at radius 1 is 1.00 bits per heavy atom. The van der Waals surface area contributed by atoms with E-state index in [9.17, 15) is 0 Å². The summed E-state index contributed by atoms with van der Waals surface area (Å²) in [6.45, 7) is 0.444. The van der Waals surface area contributed by atoms with Crippen molar-refractivity contribution in [3.63, 3.8) is 0 Å². The average molecular weight is 285 g/mol. The zero-order valence-electron chi connectivity index (χ0n) is 12.2. The van der Waals surface area contributed by atoms with E-state index in [-0.39, 0.29) is 12.0 Å². The smallest absolute Gasteiger partial charge is 0.164 e. The number of nitrogens with two attached hydrogens (primary N) is 1. The highest BCUT2D eigenvalue weighted by atomic mass is 16.5. The number of benzene rings is 2. The molecule has 0 saturated carbocycles. The largest absolute Gasteiger partial charge is 0.493 e. The molecule has 0 bridgehead atoms. The van der Waals surface area contributed by atoms with Gasteiger partial charge in [0.05, 0.1) is 20.1 Å². The molecule has 2 aromatic carbocycles. The Kier molecular flexibility index (Phi) is 3.71. The normalized spacial score (nSPS) is 19.8. The van der Waals surface area contributed by atoms with Gasteiger partial charge in [-0.15, -0.1) is 0 Å². The third-order valence-corrected chi connectivity index (χ3v) is 3.90. The third-order valence-electron chi connectivity index (χ3n) is 3.90. The fraction of sp³-hybridized carbons (Fsp3) is 0.294. The summed E-state index contributed by atoms with van der Waals surface area (Å²) in [6.07, 6.45) is -0.0941. The van der Waals surface area contributed by atoms with Crippen molar-refractivity contribution in [2.75, 3.05) is 20.8 Å². The average Bonchev–Trinajstić information content (AvgIpc) is 2.92. The number of para-hydroxylation sites is 2. The third kappa shape index (κ3) is 2.21. The number of methoxy groups -OCH3 is 2. The lowest BCUT2D eigenvalue weighted by Crippen LogP contribution is -2.29. The van der Waals surface area contributed by atoms with E-state index < -0.39 is 0 Å². The van der Waals surface area contributed by atoms with Gasteiger partial charge in [0.25, 0.3) is 0 Å². The van der Waals surface area contributed by atoms with Crippen LogP contribution in [0.15, 0.2) is 42.5 Å². The van der Waals surface area contributed by atoms with Crippen molar-refractivity contribution < 1.29 is 14.2 Å². The summed E-state index contributed by atoms with van der Waals surface area (Å²) in [4.78, 5) is 0. The van der Waals surface area contributed by atoms with Gasteiger partial charge in [-0.3, -0.25) is 0 Å². The second-order valence-corrected chi connectivity index (χ2v) is 4.99. The number of ether oxygens (including phenoxy) is 3. The molecular formula is C17H19NO3. The maximum absolute atomic E-state index is 5.97. The Morgan fingerprint density at radius 2 is 1.76 bits per heavy atom. The van der Waals surface area contributed by atoms with Crippen molar-refractivity contribution in [1.82, 2.24) is 0 Å². The molecule has 0 fully saturated rings. The van der Waals surface area contributed by atoms with Gasteiger partial charge in [-0.1, -0.05) is 30.3 Å². The molecule has 0 aliphatic carbocycles. The van der Waals surface area contributed by atoms with Crippen molar-refractivity contribution in [3.8, 4) is 17.2 Å². The second-order valence-electron chi connectivity index (χ2n) is 4.99. The van der Waals surface area contributed by atoms with Gasteiger partial charge in [0, 0.05) is 17.7 Å². The summed E-state index contributed by atoms with van der Waals surface area (Å²) in [5, 5.41) is 0. The first-order valence-electron chi connectivity index (χ1n) is 6.96. The molecule has 1 aliphatic heterocycles. The van der Waals surface area contributed by atoms with Crippen molar-refractivity contribution in [2.24, 2.45) is 5.73 Å². The molecule has 0 spiro atoms. The van der Waals surface area contributed by atoms with Crippen LogP contribution >= 0.6 is 0 Å². The molecule has 0 amide bonds. The molecule has 1 heterocycles. The highest BCUT2D eigenvalue weighted by Crippen LogP contribution is 2.46. The Labute approximate surface area is 124 Å². The predicted molar refractivity (Wildman–Crippen MR) is 81.3 cm³/mol. The summed E-state index contributed by atoms with van der Waals surface area (Å²) in [6, 6.07) is 13.9. The molecule has 2 N–H and O–H groups in total. The standard InChI is InChI=1S/C17H19NO3/c1-19-14-9-5-7-12(17(14)20-2)16-11-6-3-4-8-13(11)21-15(16)10-18/h3-9,15-16H,10,18H2,1-2H3. The fourth-order valence-corrected chi connectivity index (χ4v) is 2.99. The summed E-state index contributed by atoms with van der Waals surface area (Å²) in [5.74, 6) is 2.40. The molecular weight excluding hydrogens is 266 g/mol. The minimum absolute atomic E-state index is 0.0521. The molecule has 2 aromatic rings. The van der Waals surface area contributed by atoms with Crippen molar-refractivity contribution in [3.05, 3.63) is 53.6 Å². The minimum atomic E-state index is -0.0941. The maximum Gasteiger partial charge on any atom is 0.164 e. The van der Waals surface area contributed by atoms with Crippen LogP contribution in [0.2, 0.25) is 0 Å². The van der Waals surface area contributed by atoms with Gasteiger partial charge >= 0.3 is 0 Å². The van der Waals surface area contributed by atoms with E-state index in [1.807, 2.05) is 36.4 Å². The van der Waals surface area contributed by atoms with Crippen LogP contribution in [-0.4, -0.2) is 26.9 Å². The van der Waals surface area contributed by atoms with Crippen LogP contribution < -0.4 is 19.9 Å². The topological polar surface area (TPSA) is 53.7 Å². The van der Waals surface area contributed by atoms with Gasteiger partial charge in [-0.2, -0.15) is 0 Å². The number of hydrogen-bond donors (Lipinski definition) is 1. The lowest BCUT2D eigenvalue weighted by Gasteiger charge is -2.21. The Bertz CT molecular complexity index is 642. The van der Waals surface area contributed by atoms with Crippen LogP contribution in [0.1, 0.15) is 17.0 Å². The number of hydrogen-bond acceptors (Lipinski definition) is 4. The zero-order chi connectivity index (χ0) is 14.8. The summed E-state index contributed by atoms with van der Waals surface area (Å²) >= 11 is 0. The van der Waals surface area contributed by atoms with E-state index in [1.165, 1.54) is 0 Å². The molecule has 4 nitrogen and oxygen atoms in total. The highest BCUT2D eigenvalue weighted by Gasteiger charge is 2.36. The summed E-state index contributed by atoms with van der Waals surface area (Å²) in [7, 11) is 3.29. The Hall–Kier alpha value is -2.20. The first kappa shape index (κ1) is 13.8. The van der Waals surface area contributed by atoms with E-state index in [4.69, 9.17) is 19.9 Å². The molecule has 0 radical (unpaired) electrons. The molecule has 21 heavy (non-hydrogen) atoms. The summed E-state index contributed by atoms with van der Waals surface area (Å²) < 4.78 is 16.9. The van der Waals surface area contributed by atoms with E-state index in [0.29, 0.717) is 6.54 Å². The van der Waals surface area contributed by atoms with Crippen LogP contribution in [0.25, 0.3) is 0 Å². The fourth-order valence-electron chi connectivity index (χ4n) is 2.99. The quantitative estimate of drug-likeness (QED) is 0.938. The van der Waals surface area contributed by atoms with Crippen molar-refractivity contribution in [1.29, 1.82) is 0 Å². The molecule has 1 aliphatic rings. The Morgan fingerprint density at radius 3 is 2.48 bits per heavy atom. The van der Waals surface area contributed by atoms with Crippen LogP contribution in [0.3, 0.4) is 0 Å². The summed E-state index contributed by atoms with van der Waals surface area (Å²) in [5.41, 5.74) is 8.08. The van der Waals surface area contributed by atoms with Crippen LogP contribution in [0, 0.1) is 0 Å². The minimum Gasteiger partial charge on any atom is -0.493 e. The van der Waals surface area contributed by atoms with Gasteiger partial charge in [0.2, 0.25) is 0 Å². The molecule has 110 valence electrons. The van der Waals surface area contributed by atoms with E-state index in [2.05, 4.69) is 6.07 Å². The zero-order valence-corrected chi connectivity index (χ0v) is 12.2. The van der Waals surface area contributed by atoms with Gasteiger partial charge < -0.3 is 19.9 Å². The van der Waals surface area contributed by atoms with Gasteiger partial charge in [0.1, 0.15) is 11.9 Å². The van der Waals surface area contributed by atoms with Crippen molar-refractivity contribution in [2.45, 2.75) is 12.0 Å². The van der Waals surface area contributed by atoms with Crippen LogP contribution in [0.5, 0.6) is 17.2 Å². The van der Waals surface area contributed by atoms with E-state index in [1.54, 1.807) is 14.2 Å². The van der Waals surface area contributed by atoms with Gasteiger partial charge in [-0.05, 0) is 12.1 Å². The molecule has 3 rings (SSSR count). The number of fused-ring (bicyclic) bond motifs is 1. The number of rotatable bonds is 4. The van der Waals surface area contributed by atoms with E-state index >= 15 is 0 Å². The predicted octanol–water partition coefficient (Wildman–Crippen LogP) is 2.56. The Balaban J connectivity index is 2.14. The van der Waals surface area contributed by atoms with Gasteiger partial charge in [0.15, 0.2) is 11.5 Å². The molecule has 0 saturated heterocycles.